The van der Waals surface area contributed by atoms with Gasteiger partial charge >= 0.3 is 0 Å². The fourth-order valence-electron chi connectivity index (χ4n) is 3.28. The Morgan fingerprint density at radius 2 is 2.53 bits per heavy atom. The fraction of sp³-hybridized carbons (Fsp3) is 0.615. The lowest BCUT2D eigenvalue weighted by molar-refractivity contribution is 0.150. The molecule has 2 aliphatic rings. The second-order valence-electron chi connectivity index (χ2n) is 5.24. The highest BCUT2D eigenvalue weighted by molar-refractivity contribution is 7.09. The molecule has 3 rings (SSSR count). The molecule has 3 nitrogen and oxygen atoms in total. The van der Waals surface area contributed by atoms with E-state index in [1.807, 2.05) is 0 Å². The Morgan fingerprint density at radius 1 is 1.65 bits per heavy atom. The number of aliphatic imine (C=N–C) groups is 1. The summed E-state index contributed by atoms with van der Waals surface area (Å²) in [6.45, 7) is 4.17. The molecule has 17 heavy (non-hydrogen) atoms. The van der Waals surface area contributed by atoms with Crippen molar-refractivity contribution in [3.8, 4) is 0 Å². The third-order valence-corrected chi connectivity index (χ3v) is 5.25. The lowest BCUT2D eigenvalue weighted by atomic mass is 9.87. The van der Waals surface area contributed by atoms with Gasteiger partial charge < -0.3 is 10.6 Å². The Morgan fingerprint density at radius 3 is 3.18 bits per heavy atom. The first-order chi connectivity index (χ1) is 8.22. The molecule has 1 aliphatic heterocycles. The first-order valence-corrected chi connectivity index (χ1v) is 7.20. The van der Waals surface area contributed by atoms with E-state index in [0.717, 1.165) is 19.0 Å². The molecule has 1 spiro atoms. The highest BCUT2D eigenvalue weighted by Gasteiger charge is 2.48. The number of thiophene rings is 1. The van der Waals surface area contributed by atoms with E-state index >= 15 is 0 Å². The summed E-state index contributed by atoms with van der Waals surface area (Å²) >= 11 is 1.80. The van der Waals surface area contributed by atoms with Crippen molar-refractivity contribution in [1.82, 2.24) is 4.90 Å². The van der Waals surface area contributed by atoms with Gasteiger partial charge in [0.15, 0.2) is 5.96 Å². The number of rotatable bonds is 2. The molecule has 92 valence electrons. The summed E-state index contributed by atoms with van der Waals surface area (Å²) in [6.07, 6.45) is 3.86. The molecule has 1 fully saturated rings. The topological polar surface area (TPSA) is 41.6 Å². The molecule has 0 saturated heterocycles. The van der Waals surface area contributed by atoms with Crippen molar-refractivity contribution in [1.29, 1.82) is 0 Å². The molecule has 1 aromatic heterocycles. The quantitative estimate of drug-likeness (QED) is 0.874. The minimum Gasteiger partial charge on any atom is -0.370 e. The molecular formula is C13H19N3S. The maximum Gasteiger partial charge on any atom is 0.192 e. The van der Waals surface area contributed by atoms with Crippen molar-refractivity contribution >= 4 is 17.3 Å². The van der Waals surface area contributed by atoms with Crippen LogP contribution in [0.4, 0.5) is 0 Å². The van der Waals surface area contributed by atoms with Crippen molar-refractivity contribution in [2.75, 3.05) is 6.54 Å². The van der Waals surface area contributed by atoms with Crippen molar-refractivity contribution in [2.24, 2.45) is 16.6 Å². The lowest BCUT2D eigenvalue weighted by Crippen LogP contribution is -2.52. The minimum absolute atomic E-state index is 0.216. The predicted molar refractivity (Wildman–Crippen MR) is 72.1 cm³/mol. The largest absolute Gasteiger partial charge is 0.370 e. The summed E-state index contributed by atoms with van der Waals surface area (Å²) < 4.78 is 0. The summed E-state index contributed by atoms with van der Waals surface area (Å²) in [5, 5.41) is 2.13. The summed E-state index contributed by atoms with van der Waals surface area (Å²) in [5.41, 5.74) is 6.31. The van der Waals surface area contributed by atoms with E-state index in [4.69, 9.17) is 5.73 Å². The number of hydrogen-bond donors (Lipinski definition) is 1. The van der Waals surface area contributed by atoms with Gasteiger partial charge in [0, 0.05) is 4.88 Å². The van der Waals surface area contributed by atoms with Gasteiger partial charge in [0.05, 0.1) is 18.6 Å². The highest BCUT2D eigenvalue weighted by atomic mass is 32.1. The zero-order chi connectivity index (χ0) is 11.9. The summed E-state index contributed by atoms with van der Waals surface area (Å²) in [5.74, 6) is 1.44. The predicted octanol–water partition coefficient (Wildman–Crippen LogP) is 2.44. The smallest absolute Gasteiger partial charge is 0.192 e. The van der Waals surface area contributed by atoms with Crippen LogP contribution >= 0.6 is 11.3 Å². The van der Waals surface area contributed by atoms with Crippen LogP contribution in [0.3, 0.4) is 0 Å². The molecule has 4 heteroatoms. The standard InChI is InChI=1S/C13H19N3S/c1-10-4-2-6-13(10)9-15-12(14)16(13)8-11-5-3-7-17-11/h3,5,7,10H,2,4,6,8-9H2,1H3,(H2,14,15). The maximum absolute atomic E-state index is 6.09. The number of nitrogens with two attached hydrogens (primary N) is 1. The van der Waals surface area contributed by atoms with Crippen LogP contribution in [0.15, 0.2) is 22.5 Å². The Balaban J connectivity index is 1.86. The van der Waals surface area contributed by atoms with Gasteiger partial charge in [-0.15, -0.1) is 11.3 Å². The SMILES string of the molecule is CC1CCCC12CN=C(N)N2Cc1cccs1. The van der Waals surface area contributed by atoms with E-state index < -0.39 is 0 Å². The van der Waals surface area contributed by atoms with Gasteiger partial charge in [-0.2, -0.15) is 0 Å². The Hall–Kier alpha value is -1.03. The molecule has 0 aromatic carbocycles. The Kier molecular flexibility index (Phi) is 2.62. The van der Waals surface area contributed by atoms with Crippen molar-refractivity contribution in [2.45, 2.75) is 38.3 Å². The van der Waals surface area contributed by atoms with Crippen molar-refractivity contribution in [3.05, 3.63) is 22.4 Å². The Labute approximate surface area is 106 Å². The van der Waals surface area contributed by atoms with Crippen LogP contribution in [0.5, 0.6) is 0 Å². The number of guanidine groups is 1. The first-order valence-electron chi connectivity index (χ1n) is 6.32. The van der Waals surface area contributed by atoms with Crippen LogP contribution in [-0.4, -0.2) is 22.9 Å². The highest BCUT2D eigenvalue weighted by Crippen LogP contribution is 2.43. The van der Waals surface area contributed by atoms with Crippen LogP contribution < -0.4 is 5.73 Å². The molecule has 0 bridgehead atoms. The van der Waals surface area contributed by atoms with Crippen LogP contribution in [-0.2, 0) is 6.54 Å². The molecule has 2 unspecified atom stereocenters. The average Bonchev–Trinajstić information content (AvgIpc) is 2.99. The third kappa shape index (κ3) is 1.66. The minimum atomic E-state index is 0.216. The Bertz CT molecular complexity index is 426. The summed E-state index contributed by atoms with van der Waals surface area (Å²) in [7, 11) is 0. The van der Waals surface area contributed by atoms with E-state index in [0.29, 0.717) is 5.92 Å². The van der Waals surface area contributed by atoms with Crippen LogP contribution in [0.1, 0.15) is 31.1 Å². The van der Waals surface area contributed by atoms with E-state index in [-0.39, 0.29) is 5.54 Å². The molecular weight excluding hydrogens is 230 g/mol. The number of nitrogens with zero attached hydrogens (tertiary/aromatic N) is 2. The molecule has 0 amide bonds. The second kappa shape index (κ2) is 4.02. The lowest BCUT2D eigenvalue weighted by Gasteiger charge is -2.39. The second-order valence-corrected chi connectivity index (χ2v) is 6.27. The molecule has 2 heterocycles. The molecule has 1 aromatic rings. The van der Waals surface area contributed by atoms with Gasteiger partial charge in [0.2, 0.25) is 0 Å². The van der Waals surface area contributed by atoms with Gasteiger partial charge in [0.25, 0.3) is 0 Å². The molecule has 1 saturated carbocycles. The normalized spacial score (nSPS) is 32.4. The van der Waals surface area contributed by atoms with Gasteiger partial charge in [-0.1, -0.05) is 19.4 Å². The van der Waals surface area contributed by atoms with Gasteiger partial charge in [-0.25, -0.2) is 0 Å². The van der Waals surface area contributed by atoms with Crippen molar-refractivity contribution < 1.29 is 0 Å². The number of hydrogen-bond acceptors (Lipinski definition) is 4. The zero-order valence-electron chi connectivity index (χ0n) is 10.2. The molecule has 2 atom stereocenters. The van der Waals surface area contributed by atoms with Crippen LogP contribution in [0, 0.1) is 5.92 Å². The molecule has 2 N–H and O–H groups in total. The third-order valence-electron chi connectivity index (χ3n) is 4.39. The zero-order valence-corrected chi connectivity index (χ0v) is 11.0. The van der Waals surface area contributed by atoms with Gasteiger partial charge in [0.1, 0.15) is 0 Å². The van der Waals surface area contributed by atoms with Crippen LogP contribution in [0.25, 0.3) is 0 Å². The maximum atomic E-state index is 6.09. The van der Waals surface area contributed by atoms with E-state index in [1.54, 1.807) is 11.3 Å². The van der Waals surface area contributed by atoms with E-state index in [9.17, 15) is 0 Å². The van der Waals surface area contributed by atoms with Gasteiger partial charge in [-0.05, 0) is 30.2 Å². The van der Waals surface area contributed by atoms with E-state index in [1.165, 1.54) is 24.1 Å². The summed E-state index contributed by atoms with van der Waals surface area (Å²) in [4.78, 5) is 8.24. The summed E-state index contributed by atoms with van der Waals surface area (Å²) in [6, 6.07) is 4.29. The molecule has 1 aliphatic carbocycles. The van der Waals surface area contributed by atoms with Gasteiger partial charge in [-0.3, -0.25) is 4.99 Å². The van der Waals surface area contributed by atoms with E-state index in [2.05, 4.69) is 34.3 Å². The first kappa shape index (κ1) is 11.1. The molecule has 0 radical (unpaired) electrons. The van der Waals surface area contributed by atoms with Crippen LogP contribution in [0.2, 0.25) is 0 Å². The fourth-order valence-corrected chi connectivity index (χ4v) is 3.97. The van der Waals surface area contributed by atoms with Crippen molar-refractivity contribution in [3.63, 3.8) is 0 Å². The average molecular weight is 249 g/mol. The monoisotopic (exact) mass is 249 g/mol.